The van der Waals surface area contributed by atoms with E-state index in [1.54, 1.807) is 0 Å². The van der Waals surface area contributed by atoms with Crippen LogP contribution in [0.2, 0.25) is 0 Å². The van der Waals surface area contributed by atoms with Crippen molar-refractivity contribution in [2.75, 3.05) is 20.3 Å². The fourth-order valence-corrected chi connectivity index (χ4v) is 4.17. The monoisotopic (exact) mass is 542 g/mol. The Morgan fingerprint density at radius 2 is 1.68 bits per heavy atom. The van der Waals surface area contributed by atoms with Crippen molar-refractivity contribution >= 4 is 11.9 Å². The van der Waals surface area contributed by atoms with E-state index in [0.717, 1.165) is 25.5 Å². The normalized spacial score (nSPS) is 31.0. The zero-order chi connectivity index (χ0) is 28.1. The van der Waals surface area contributed by atoms with Gasteiger partial charge in [0.25, 0.3) is 0 Å². The number of hydrogen-bond acceptors (Lipinski definition) is 14. The molecular weight excluding hydrogens is 512 g/mol. The van der Waals surface area contributed by atoms with Crippen LogP contribution in [0.3, 0.4) is 0 Å². The van der Waals surface area contributed by atoms with Gasteiger partial charge in [-0.25, -0.2) is 9.59 Å². The molecule has 2 heterocycles. The first-order valence-corrected chi connectivity index (χ1v) is 11.5. The summed E-state index contributed by atoms with van der Waals surface area (Å²) in [6, 6.07) is 1.81. The van der Waals surface area contributed by atoms with Crippen LogP contribution < -0.4 is 0 Å². The van der Waals surface area contributed by atoms with Crippen molar-refractivity contribution in [3.63, 3.8) is 0 Å². The SMILES string of the molecule is C=C[C@@H]1[C@@H](O[C@H]2O[C@@H](CO)[C@H](O)[C@@H](O)[C@@H]2O)OC=C(C(=O)OC)[C@@H]1CCOC(=O)c1cc(O)c(O)c(O)c1. The minimum Gasteiger partial charge on any atom is -0.504 e. The summed E-state index contributed by atoms with van der Waals surface area (Å²) in [6.07, 6.45) is -6.49. The molecule has 210 valence electrons. The molecule has 2 aliphatic rings. The van der Waals surface area contributed by atoms with Crippen molar-refractivity contribution < 1.29 is 69.0 Å². The number of hydrogen-bond donors (Lipinski definition) is 7. The molecule has 0 bridgehead atoms. The van der Waals surface area contributed by atoms with E-state index in [-0.39, 0.29) is 24.2 Å². The number of aliphatic hydroxyl groups excluding tert-OH is 4. The number of methoxy groups -OCH3 is 1. The molecule has 14 heteroatoms. The lowest BCUT2D eigenvalue weighted by Gasteiger charge is -2.43. The van der Waals surface area contributed by atoms with Gasteiger partial charge in [-0.2, -0.15) is 0 Å². The standard InChI is InChI=1S/C24H30O14/c1-3-11-12(4-5-35-21(32)10-6-14(26)17(28)15(27)7-10)13(22(33)34-2)9-36-23(11)38-24-20(31)19(30)18(29)16(8-25)37-24/h3,6-7,9,11-12,16,18-20,23-31H,1,4-5,8H2,2H3/t11-,12+,16-,18-,19+,20-,23+,24+/m0/s1. The number of esters is 2. The number of carbonyl (C=O) groups excluding carboxylic acids is 2. The summed E-state index contributed by atoms with van der Waals surface area (Å²) >= 11 is 0. The quantitative estimate of drug-likeness (QED) is 0.113. The maximum atomic E-state index is 12.4. The van der Waals surface area contributed by atoms with E-state index in [1.807, 2.05) is 0 Å². The topological polar surface area (TPSA) is 222 Å². The molecular formula is C24H30O14. The van der Waals surface area contributed by atoms with Crippen molar-refractivity contribution in [1.82, 2.24) is 0 Å². The average Bonchev–Trinajstić information content (AvgIpc) is 2.91. The summed E-state index contributed by atoms with van der Waals surface area (Å²) in [5.41, 5.74) is -0.181. The summed E-state index contributed by atoms with van der Waals surface area (Å²) in [5.74, 6) is -5.48. The average molecular weight is 542 g/mol. The first-order valence-electron chi connectivity index (χ1n) is 11.5. The second kappa shape index (κ2) is 12.4. The molecule has 1 aromatic rings. The summed E-state index contributed by atoms with van der Waals surface area (Å²) in [5, 5.41) is 68.4. The molecule has 2 aliphatic heterocycles. The van der Waals surface area contributed by atoms with Crippen LogP contribution in [0.4, 0.5) is 0 Å². The molecule has 8 atom stereocenters. The van der Waals surface area contributed by atoms with Crippen LogP contribution in [0.5, 0.6) is 17.2 Å². The third kappa shape index (κ3) is 6.01. The summed E-state index contributed by atoms with van der Waals surface area (Å²) in [7, 11) is 1.16. The Hall–Kier alpha value is -3.40. The highest BCUT2D eigenvalue weighted by molar-refractivity contribution is 5.91. The van der Waals surface area contributed by atoms with E-state index in [1.165, 1.54) is 6.08 Å². The highest BCUT2D eigenvalue weighted by Crippen LogP contribution is 2.38. The third-order valence-electron chi connectivity index (χ3n) is 6.28. The lowest BCUT2D eigenvalue weighted by Crippen LogP contribution is -2.60. The Morgan fingerprint density at radius 3 is 2.26 bits per heavy atom. The Labute approximate surface area is 216 Å². The van der Waals surface area contributed by atoms with Crippen molar-refractivity contribution in [2.24, 2.45) is 11.8 Å². The van der Waals surface area contributed by atoms with Gasteiger partial charge in [0.1, 0.15) is 24.4 Å². The van der Waals surface area contributed by atoms with Crippen molar-refractivity contribution in [1.29, 1.82) is 0 Å². The van der Waals surface area contributed by atoms with Gasteiger partial charge >= 0.3 is 11.9 Å². The summed E-state index contributed by atoms with van der Waals surface area (Å²) < 4.78 is 26.6. The molecule has 0 unspecified atom stereocenters. The Balaban J connectivity index is 1.75. The fraction of sp³-hybridized carbons (Fsp3) is 0.500. The van der Waals surface area contributed by atoms with Crippen LogP contribution in [0.15, 0.2) is 36.6 Å². The van der Waals surface area contributed by atoms with Gasteiger partial charge in [0.15, 0.2) is 23.5 Å². The van der Waals surface area contributed by atoms with Crippen molar-refractivity contribution in [2.45, 2.75) is 43.4 Å². The van der Waals surface area contributed by atoms with Crippen LogP contribution in [0.25, 0.3) is 0 Å². The number of aliphatic hydroxyl groups is 4. The van der Waals surface area contributed by atoms with E-state index in [4.69, 9.17) is 23.7 Å². The maximum absolute atomic E-state index is 12.4. The van der Waals surface area contributed by atoms with E-state index in [9.17, 15) is 45.3 Å². The number of carbonyl (C=O) groups is 2. The molecule has 3 rings (SSSR count). The van der Waals surface area contributed by atoms with Crippen molar-refractivity contribution in [3.8, 4) is 17.2 Å². The highest BCUT2D eigenvalue weighted by Gasteiger charge is 2.47. The van der Waals surface area contributed by atoms with E-state index in [0.29, 0.717) is 0 Å². The van der Waals surface area contributed by atoms with Gasteiger partial charge in [0, 0.05) is 11.8 Å². The van der Waals surface area contributed by atoms with Gasteiger partial charge in [-0.15, -0.1) is 6.58 Å². The molecule has 0 saturated carbocycles. The lowest BCUT2D eigenvalue weighted by atomic mass is 9.82. The Kier molecular flexibility index (Phi) is 9.54. The molecule has 1 aromatic carbocycles. The number of phenolic OH excluding ortho intramolecular Hbond substituents is 3. The van der Waals surface area contributed by atoms with Gasteiger partial charge in [0.05, 0.1) is 37.7 Å². The van der Waals surface area contributed by atoms with Crippen LogP contribution in [-0.4, -0.2) is 105 Å². The maximum Gasteiger partial charge on any atom is 0.338 e. The molecule has 0 spiro atoms. The number of ether oxygens (including phenoxy) is 5. The first-order chi connectivity index (χ1) is 18.0. The van der Waals surface area contributed by atoms with Gasteiger partial charge in [0.2, 0.25) is 6.29 Å². The van der Waals surface area contributed by atoms with Gasteiger partial charge in [-0.1, -0.05) is 6.08 Å². The number of phenols is 3. The molecule has 14 nitrogen and oxygen atoms in total. The van der Waals surface area contributed by atoms with Crippen LogP contribution >= 0.6 is 0 Å². The molecule has 7 N–H and O–H groups in total. The Bertz CT molecular complexity index is 1030. The summed E-state index contributed by atoms with van der Waals surface area (Å²) in [6.45, 7) is 2.80. The lowest BCUT2D eigenvalue weighted by molar-refractivity contribution is -0.339. The Morgan fingerprint density at radius 1 is 1.03 bits per heavy atom. The number of rotatable bonds is 9. The van der Waals surface area contributed by atoms with Crippen LogP contribution in [-0.2, 0) is 28.5 Å². The van der Waals surface area contributed by atoms with E-state index in [2.05, 4.69) is 6.58 Å². The summed E-state index contributed by atoms with van der Waals surface area (Å²) in [4.78, 5) is 24.8. The van der Waals surface area contributed by atoms with Crippen molar-refractivity contribution in [3.05, 3.63) is 42.2 Å². The molecule has 0 aromatic heterocycles. The van der Waals surface area contributed by atoms with Gasteiger partial charge < -0.3 is 59.4 Å². The second-order valence-electron chi connectivity index (χ2n) is 8.61. The first kappa shape index (κ1) is 29.2. The van der Waals surface area contributed by atoms with E-state index >= 15 is 0 Å². The van der Waals surface area contributed by atoms with E-state index < -0.39 is 84.6 Å². The molecule has 0 amide bonds. The van der Waals surface area contributed by atoms with Gasteiger partial charge in [-0.05, 0) is 18.6 Å². The molecule has 1 saturated heterocycles. The largest absolute Gasteiger partial charge is 0.504 e. The molecule has 0 radical (unpaired) electrons. The third-order valence-corrected chi connectivity index (χ3v) is 6.28. The van der Waals surface area contributed by atoms with Crippen LogP contribution in [0.1, 0.15) is 16.8 Å². The molecule has 38 heavy (non-hydrogen) atoms. The zero-order valence-corrected chi connectivity index (χ0v) is 20.2. The fourth-order valence-electron chi connectivity index (χ4n) is 4.17. The minimum absolute atomic E-state index is 0.0112. The van der Waals surface area contributed by atoms with Crippen LogP contribution in [0, 0.1) is 11.8 Å². The molecule has 0 aliphatic carbocycles. The zero-order valence-electron chi connectivity index (χ0n) is 20.2. The molecule has 1 fully saturated rings. The minimum atomic E-state index is -1.70. The predicted molar refractivity (Wildman–Crippen MR) is 123 cm³/mol. The van der Waals surface area contributed by atoms with Gasteiger partial charge in [-0.3, -0.25) is 0 Å². The second-order valence-corrected chi connectivity index (χ2v) is 8.61. The smallest absolute Gasteiger partial charge is 0.338 e. The predicted octanol–water partition coefficient (Wildman–Crippen LogP) is -1.00. The number of aromatic hydroxyl groups is 3. The number of benzene rings is 1. The highest BCUT2D eigenvalue weighted by atomic mass is 16.8.